The number of nitrogens with two attached hydrogens (primary N) is 1. The highest BCUT2D eigenvalue weighted by atomic mass is 19.4. The van der Waals surface area contributed by atoms with Crippen molar-refractivity contribution in [3.05, 3.63) is 58.7 Å². The molecule has 3 saturated heterocycles. The maximum atomic E-state index is 13.9. The maximum Gasteiger partial charge on any atom is 0.418 e. The number of hydrogen-bond acceptors (Lipinski definition) is 8. The Bertz CT molecular complexity index is 1560. The van der Waals surface area contributed by atoms with Gasteiger partial charge in [0.1, 0.15) is 5.60 Å². The number of piperazine rings is 1. The van der Waals surface area contributed by atoms with Crippen molar-refractivity contribution in [3.63, 3.8) is 0 Å². The molecule has 272 valence electrons. The van der Waals surface area contributed by atoms with Crippen molar-refractivity contribution >= 4 is 29.5 Å². The van der Waals surface area contributed by atoms with Gasteiger partial charge in [-0.3, -0.25) is 15.0 Å². The summed E-state index contributed by atoms with van der Waals surface area (Å²) in [6.07, 6.45) is -12.9. The largest absolute Gasteiger partial charge is 0.438 e. The van der Waals surface area contributed by atoms with E-state index in [2.05, 4.69) is 15.5 Å². The lowest BCUT2D eigenvalue weighted by Gasteiger charge is -2.44. The van der Waals surface area contributed by atoms with Gasteiger partial charge in [0, 0.05) is 83.2 Å². The summed E-state index contributed by atoms with van der Waals surface area (Å²) in [6.45, 7) is 3.98. The number of ether oxygens (including phenoxy) is 2. The average Bonchev–Trinajstić information content (AvgIpc) is 3.08. The van der Waals surface area contributed by atoms with Gasteiger partial charge < -0.3 is 30.3 Å². The zero-order valence-electron chi connectivity index (χ0n) is 27.0. The van der Waals surface area contributed by atoms with E-state index in [1.807, 2.05) is 0 Å². The summed E-state index contributed by atoms with van der Waals surface area (Å²) in [5.41, 5.74) is 0.219. The number of alkyl halides is 6. The molecule has 1 atom stereocenters. The molecule has 1 spiro atoms. The molecule has 0 aliphatic carbocycles. The third-order valence-corrected chi connectivity index (χ3v) is 10.0. The quantitative estimate of drug-likeness (QED) is 0.298. The first kappa shape index (κ1) is 35.6. The number of carbonyl (C=O) groups is 3. The number of para-hydroxylation sites is 1. The number of likely N-dealkylation sites (tertiary alicyclic amines) is 2. The van der Waals surface area contributed by atoms with Crippen molar-refractivity contribution in [2.24, 2.45) is 0 Å². The molecule has 17 heteroatoms. The number of nitrogens with zero attached hydrogens (tertiary/aromatic N) is 3. The lowest BCUT2D eigenvalue weighted by atomic mass is 9.82. The molecule has 2 aromatic carbocycles. The molecule has 6 rings (SSSR count). The van der Waals surface area contributed by atoms with E-state index in [9.17, 15) is 40.7 Å². The topological polar surface area (TPSA) is 129 Å². The number of fused-ring (bicyclic) bond motifs is 2. The number of halogens is 6. The zero-order chi connectivity index (χ0) is 35.8. The van der Waals surface area contributed by atoms with Crippen molar-refractivity contribution in [1.82, 2.24) is 20.0 Å². The molecule has 0 saturated carbocycles. The zero-order valence-corrected chi connectivity index (χ0v) is 27.0. The van der Waals surface area contributed by atoms with Crippen LogP contribution in [0.15, 0.2) is 36.4 Å². The molecule has 4 aliphatic rings. The van der Waals surface area contributed by atoms with E-state index in [4.69, 9.17) is 15.2 Å². The molecule has 0 bridgehead atoms. The minimum absolute atomic E-state index is 0.0375. The number of anilines is 2. The first-order chi connectivity index (χ1) is 23.6. The molecule has 0 radical (unpaired) electrons. The fourth-order valence-corrected chi connectivity index (χ4v) is 7.37. The number of carbonyl (C=O) groups excluding carboxylic acids is 3. The molecule has 4 N–H and O–H groups in total. The first-order valence-electron chi connectivity index (χ1n) is 16.5. The summed E-state index contributed by atoms with van der Waals surface area (Å²) in [7, 11) is 0. The van der Waals surface area contributed by atoms with Crippen LogP contribution >= 0.6 is 0 Å². The Hall–Kier alpha value is -4.25. The molecule has 4 aliphatic heterocycles. The maximum absolute atomic E-state index is 13.9. The van der Waals surface area contributed by atoms with Crippen LogP contribution in [0, 0.1) is 0 Å². The van der Waals surface area contributed by atoms with Gasteiger partial charge in [-0.2, -0.15) is 26.3 Å². The molecular formula is C33H38F6N6O5. The van der Waals surface area contributed by atoms with Gasteiger partial charge in [0.25, 0.3) is 5.91 Å². The fraction of sp³-hybridized carbons (Fsp3) is 0.545. The summed E-state index contributed by atoms with van der Waals surface area (Å²) in [5.74, 6) is -0.717. The lowest BCUT2D eigenvalue weighted by molar-refractivity contribution is -0.142. The molecule has 4 heterocycles. The number of benzene rings is 2. The monoisotopic (exact) mass is 712 g/mol. The van der Waals surface area contributed by atoms with Gasteiger partial charge >= 0.3 is 24.5 Å². The van der Waals surface area contributed by atoms with E-state index in [1.54, 1.807) is 24.3 Å². The van der Waals surface area contributed by atoms with Crippen molar-refractivity contribution in [1.29, 1.82) is 0 Å². The highest BCUT2D eigenvalue weighted by Gasteiger charge is 2.46. The molecule has 11 nitrogen and oxygen atoms in total. The third-order valence-electron chi connectivity index (χ3n) is 10.0. The van der Waals surface area contributed by atoms with Crippen molar-refractivity contribution < 1.29 is 50.2 Å². The van der Waals surface area contributed by atoms with Crippen LogP contribution in [-0.4, -0.2) is 97.3 Å². The van der Waals surface area contributed by atoms with E-state index < -0.39 is 70.9 Å². The Morgan fingerprint density at radius 2 is 1.52 bits per heavy atom. The summed E-state index contributed by atoms with van der Waals surface area (Å²) in [5, 5.41) is 5.93. The van der Waals surface area contributed by atoms with E-state index >= 15 is 0 Å². The summed E-state index contributed by atoms with van der Waals surface area (Å²) >= 11 is 0. The van der Waals surface area contributed by atoms with Gasteiger partial charge in [-0.25, -0.2) is 9.59 Å². The smallest absolute Gasteiger partial charge is 0.418 e. The Kier molecular flexibility index (Phi) is 9.83. The average molecular weight is 713 g/mol. The van der Waals surface area contributed by atoms with Gasteiger partial charge in [-0.1, -0.05) is 18.2 Å². The van der Waals surface area contributed by atoms with E-state index in [0.29, 0.717) is 30.7 Å². The standard InChI is InChI=1S/C33H38F6N6O5/c34-32(35,36)23-17-20(18-24(27(23)40)33(37,38)39)19-26(28(46)44-11-5-21(6-12-44)43-15-9-41-10-16-43)49-30(48)45-13-7-31(8-14-45)22-3-1-2-4-25(22)42-29(47)50-31/h1-4,17-18,21,26,41H,5-16,19,40H2,(H,42,47)/t26-/m1/s1. The summed E-state index contributed by atoms with van der Waals surface area (Å²) < 4.78 is 94.4. The van der Waals surface area contributed by atoms with Gasteiger partial charge in [-0.15, -0.1) is 0 Å². The highest BCUT2D eigenvalue weighted by molar-refractivity contribution is 5.89. The Morgan fingerprint density at radius 1 is 0.920 bits per heavy atom. The highest BCUT2D eigenvalue weighted by Crippen LogP contribution is 2.44. The van der Waals surface area contributed by atoms with Crippen molar-refractivity contribution in [2.75, 3.05) is 63.4 Å². The second kappa shape index (κ2) is 13.8. The number of hydrogen-bond donors (Lipinski definition) is 3. The molecule has 0 unspecified atom stereocenters. The van der Waals surface area contributed by atoms with Crippen LogP contribution in [-0.2, 0) is 38.6 Å². The third kappa shape index (κ3) is 7.43. The second-order valence-electron chi connectivity index (χ2n) is 13.1. The van der Waals surface area contributed by atoms with Crippen LogP contribution in [0.3, 0.4) is 0 Å². The molecular weight excluding hydrogens is 674 g/mol. The minimum atomic E-state index is -5.22. The van der Waals surface area contributed by atoms with Gasteiger partial charge in [0.2, 0.25) is 0 Å². The predicted octanol–water partition coefficient (Wildman–Crippen LogP) is 4.80. The van der Waals surface area contributed by atoms with Crippen LogP contribution in [0.1, 0.15) is 47.9 Å². The normalized spacial score (nSPS) is 20.9. The lowest BCUT2D eigenvalue weighted by Crippen LogP contribution is -2.54. The van der Waals surface area contributed by atoms with Crippen LogP contribution in [0.25, 0.3) is 0 Å². The second-order valence-corrected chi connectivity index (χ2v) is 13.1. The minimum Gasteiger partial charge on any atom is -0.438 e. The molecule has 3 fully saturated rings. The predicted molar refractivity (Wildman–Crippen MR) is 168 cm³/mol. The number of nitrogens with one attached hydrogen (secondary N) is 2. The summed E-state index contributed by atoms with van der Waals surface area (Å²) in [6, 6.07) is 8.21. The van der Waals surface area contributed by atoms with Crippen LogP contribution in [0.2, 0.25) is 0 Å². The van der Waals surface area contributed by atoms with Crippen LogP contribution in [0.4, 0.5) is 47.3 Å². The van der Waals surface area contributed by atoms with E-state index in [-0.39, 0.29) is 45.1 Å². The van der Waals surface area contributed by atoms with Crippen LogP contribution in [0.5, 0.6) is 0 Å². The molecule has 2 aromatic rings. The van der Waals surface area contributed by atoms with Gasteiger partial charge in [-0.05, 0) is 36.6 Å². The van der Waals surface area contributed by atoms with Gasteiger partial charge in [0.15, 0.2) is 6.10 Å². The Morgan fingerprint density at radius 3 is 2.12 bits per heavy atom. The van der Waals surface area contributed by atoms with E-state index in [0.717, 1.165) is 31.7 Å². The molecule has 50 heavy (non-hydrogen) atoms. The van der Waals surface area contributed by atoms with Crippen molar-refractivity contribution in [2.45, 2.75) is 62.2 Å². The number of amides is 3. The molecule has 0 aromatic heterocycles. The number of rotatable bonds is 5. The van der Waals surface area contributed by atoms with Gasteiger partial charge in [0.05, 0.1) is 22.5 Å². The Labute approximate surface area is 284 Å². The first-order valence-corrected chi connectivity index (χ1v) is 16.5. The fourth-order valence-electron chi connectivity index (χ4n) is 7.37. The number of nitrogen functional groups attached to an aromatic ring is 1. The van der Waals surface area contributed by atoms with Crippen molar-refractivity contribution in [3.8, 4) is 0 Å². The molecule has 3 amide bonds. The SMILES string of the molecule is Nc1c(C(F)(F)F)cc(C[C@@H](OC(=O)N2CCC3(CC2)OC(=O)Nc2ccccc23)C(=O)N2CCC(N3CCNCC3)CC2)cc1C(F)(F)F. The summed E-state index contributed by atoms with van der Waals surface area (Å²) in [4.78, 5) is 44.9. The number of piperidine rings is 2. The van der Waals surface area contributed by atoms with Crippen LogP contribution < -0.4 is 16.4 Å². The van der Waals surface area contributed by atoms with E-state index in [1.165, 1.54) is 9.80 Å². The Balaban J connectivity index is 1.22.